The molecule has 0 aromatic heterocycles. The summed E-state index contributed by atoms with van der Waals surface area (Å²) >= 11 is 0. The fraction of sp³-hybridized carbons (Fsp3) is 0.366. The van der Waals surface area contributed by atoms with E-state index in [1.165, 1.54) is 0 Å². The average molecular weight is 697 g/mol. The molecule has 2 aliphatic carbocycles. The van der Waals surface area contributed by atoms with Crippen LogP contribution in [0.3, 0.4) is 0 Å². The molecule has 268 valence electrons. The van der Waals surface area contributed by atoms with Gasteiger partial charge >= 0.3 is 23.9 Å². The molecule has 0 heterocycles. The van der Waals surface area contributed by atoms with Gasteiger partial charge in [0.2, 0.25) is 0 Å². The van der Waals surface area contributed by atoms with Gasteiger partial charge in [0.05, 0.1) is 25.2 Å². The van der Waals surface area contributed by atoms with E-state index in [-0.39, 0.29) is 37.2 Å². The predicted octanol–water partition coefficient (Wildman–Crippen LogP) is 7.67. The standard InChI is InChI=1S/C41H44O10/c1-4-38(42)48-21-9-8-20-46-30-14-12-29(13-15-30)41(45)51-33-17-19-35-34-18-16-32(25-36(34)28(3)37(35)26-33)47-22-23-49-40(44)27(2)24-39(43)50-31-10-6-5-7-11-31/h4,12-19,25-26,28,31H,1-2,5-11,20-24H2,3H3. The quantitative estimate of drug-likeness (QED) is 0.0457. The molecule has 3 aromatic rings. The first-order valence-corrected chi connectivity index (χ1v) is 17.4. The van der Waals surface area contributed by atoms with Crippen molar-refractivity contribution in [2.75, 3.05) is 26.4 Å². The van der Waals surface area contributed by atoms with Crippen molar-refractivity contribution in [2.24, 2.45) is 0 Å². The summed E-state index contributed by atoms with van der Waals surface area (Å²) in [7, 11) is 0. The number of benzene rings is 3. The highest BCUT2D eigenvalue weighted by Gasteiger charge is 2.27. The molecule has 0 saturated heterocycles. The number of carbonyl (C=O) groups excluding carboxylic acids is 4. The number of unbranched alkanes of at least 4 members (excludes halogenated alkanes) is 1. The Labute approximate surface area is 298 Å². The molecule has 0 amide bonds. The van der Waals surface area contributed by atoms with Gasteiger partial charge in [0.25, 0.3) is 0 Å². The van der Waals surface area contributed by atoms with Gasteiger partial charge in [-0.25, -0.2) is 14.4 Å². The zero-order valence-electron chi connectivity index (χ0n) is 29.0. The zero-order chi connectivity index (χ0) is 36.2. The van der Waals surface area contributed by atoms with Crippen LogP contribution in [0.2, 0.25) is 0 Å². The van der Waals surface area contributed by atoms with Crippen LogP contribution in [0.5, 0.6) is 17.2 Å². The lowest BCUT2D eigenvalue weighted by Gasteiger charge is -2.21. The van der Waals surface area contributed by atoms with Gasteiger partial charge in [0.15, 0.2) is 0 Å². The fourth-order valence-electron chi connectivity index (χ4n) is 6.14. The summed E-state index contributed by atoms with van der Waals surface area (Å²) in [6.45, 7) is 10.0. The normalized spacial score (nSPS) is 14.7. The number of esters is 4. The van der Waals surface area contributed by atoms with Gasteiger partial charge in [-0.3, -0.25) is 4.79 Å². The maximum Gasteiger partial charge on any atom is 0.343 e. The first-order chi connectivity index (χ1) is 24.7. The number of hydrogen-bond acceptors (Lipinski definition) is 10. The van der Waals surface area contributed by atoms with E-state index >= 15 is 0 Å². The van der Waals surface area contributed by atoms with Gasteiger partial charge in [0.1, 0.15) is 36.6 Å². The Balaban J connectivity index is 1.05. The Bertz CT molecular complexity index is 1740. The molecular formula is C41H44O10. The minimum Gasteiger partial charge on any atom is -0.494 e. The topological polar surface area (TPSA) is 124 Å². The number of ether oxygens (including phenoxy) is 6. The lowest BCUT2D eigenvalue weighted by atomic mass is 9.98. The summed E-state index contributed by atoms with van der Waals surface area (Å²) in [6.07, 6.45) is 7.22. The second-order valence-corrected chi connectivity index (χ2v) is 12.6. The van der Waals surface area contributed by atoms with Crippen LogP contribution < -0.4 is 14.2 Å². The second kappa shape index (κ2) is 18.0. The van der Waals surface area contributed by atoms with Gasteiger partial charge in [-0.05, 0) is 109 Å². The summed E-state index contributed by atoms with van der Waals surface area (Å²) in [5, 5.41) is 0. The van der Waals surface area contributed by atoms with Gasteiger partial charge in [-0.15, -0.1) is 0 Å². The van der Waals surface area contributed by atoms with Gasteiger partial charge < -0.3 is 28.4 Å². The molecular weight excluding hydrogens is 652 g/mol. The van der Waals surface area contributed by atoms with Crippen molar-refractivity contribution in [3.8, 4) is 28.4 Å². The molecule has 1 fully saturated rings. The van der Waals surface area contributed by atoms with Crippen LogP contribution in [-0.2, 0) is 28.6 Å². The number of carbonyl (C=O) groups is 4. The van der Waals surface area contributed by atoms with Crippen LogP contribution in [-0.4, -0.2) is 56.4 Å². The highest BCUT2D eigenvalue weighted by Crippen LogP contribution is 2.47. The molecule has 0 N–H and O–H groups in total. The van der Waals surface area contributed by atoms with Gasteiger partial charge in [0, 0.05) is 17.6 Å². The van der Waals surface area contributed by atoms with E-state index in [0.29, 0.717) is 48.9 Å². The molecule has 0 radical (unpaired) electrons. The number of hydrogen-bond donors (Lipinski definition) is 0. The van der Waals surface area contributed by atoms with E-state index in [2.05, 4.69) is 20.1 Å². The molecule has 10 heteroatoms. The first kappa shape index (κ1) is 36.9. The van der Waals surface area contributed by atoms with Crippen LogP contribution in [0.25, 0.3) is 11.1 Å². The van der Waals surface area contributed by atoms with Crippen LogP contribution in [0.4, 0.5) is 0 Å². The van der Waals surface area contributed by atoms with E-state index in [1.807, 2.05) is 30.3 Å². The van der Waals surface area contributed by atoms with Crippen molar-refractivity contribution in [2.45, 2.75) is 70.3 Å². The van der Waals surface area contributed by atoms with Crippen LogP contribution >= 0.6 is 0 Å². The number of rotatable bonds is 17. The Morgan fingerprint density at radius 1 is 0.745 bits per heavy atom. The lowest BCUT2D eigenvalue weighted by molar-refractivity contribution is -0.151. The molecule has 0 bridgehead atoms. The minimum absolute atomic E-state index is 0.00344. The second-order valence-electron chi connectivity index (χ2n) is 12.6. The molecule has 3 aromatic carbocycles. The lowest BCUT2D eigenvalue weighted by Crippen LogP contribution is -2.22. The highest BCUT2D eigenvalue weighted by molar-refractivity contribution is 5.93. The molecule has 51 heavy (non-hydrogen) atoms. The Hall–Kier alpha value is -5.38. The fourth-order valence-corrected chi connectivity index (χ4v) is 6.14. The molecule has 0 spiro atoms. The average Bonchev–Trinajstić information content (AvgIpc) is 3.41. The Kier molecular flexibility index (Phi) is 13.0. The summed E-state index contributed by atoms with van der Waals surface area (Å²) in [5.74, 6) is -0.295. The summed E-state index contributed by atoms with van der Waals surface area (Å²) in [5.41, 5.74) is 4.68. The van der Waals surface area contributed by atoms with Crippen molar-refractivity contribution >= 4 is 23.9 Å². The number of fused-ring (bicyclic) bond motifs is 3. The SMILES string of the molecule is C=CC(=O)OCCCCOc1ccc(C(=O)Oc2ccc3c(c2)C(C)c2cc(OCCOC(=O)C(=C)CC(=O)OC4CCCCC4)ccc2-3)cc1. The zero-order valence-corrected chi connectivity index (χ0v) is 29.0. The molecule has 5 rings (SSSR count). The maximum absolute atomic E-state index is 12.9. The van der Waals surface area contributed by atoms with Crippen LogP contribution in [0.15, 0.2) is 85.5 Å². The van der Waals surface area contributed by atoms with E-state index in [1.54, 1.807) is 30.3 Å². The predicted molar refractivity (Wildman–Crippen MR) is 190 cm³/mol. The van der Waals surface area contributed by atoms with Crippen LogP contribution in [0, 0.1) is 0 Å². The van der Waals surface area contributed by atoms with E-state index in [9.17, 15) is 19.2 Å². The third-order valence-electron chi connectivity index (χ3n) is 8.87. The minimum atomic E-state index is -0.645. The molecule has 2 aliphatic rings. The molecule has 1 atom stereocenters. The summed E-state index contributed by atoms with van der Waals surface area (Å²) in [6, 6.07) is 18.2. The molecule has 0 aliphatic heterocycles. The maximum atomic E-state index is 12.9. The molecule has 1 saturated carbocycles. The Morgan fingerprint density at radius 2 is 1.37 bits per heavy atom. The smallest absolute Gasteiger partial charge is 0.343 e. The van der Waals surface area contributed by atoms with Gasteiger partial charge in [-0.2, -0.15) is 0 Å². The van der Waals surface area contributed by atoms with Crippen molar-refractivity contribution < 1.29 is 47.6 Å². The van der Waals surface area contributed by atoms with Crippen molar-refractivity contribution in [1.82, 2.24) is 0 Å². The van der Waals surface area contributed by atoms with Crippen molar-refractivity contribution in [1.29, 1.82) is 0 Å². The van der Waals surface area contributed by atoms with Crippen molar-refractivity contribution in [3.05, 3.63) is 102 Å². The third kappa shape index (κ3) is 10.3. The van der Waals surface area contributed by atoms with Gasteiger partial charge in [-0.1, -0.05) is 38.6 Å². The van der Waals surface area contributed by atoms with E-state index in [0.717, 1.165) is 60.4 Å². The van der Waals surface area contributed by atoms with Crippen molar-refractivity contribution in [3.63, 3.8) is 0 Å². The molecule has 1 unspecified atom stereocenters. The Morgan fingerprint density at radius 3 is 2.08 bits per heavy atom. The van der Waals surface area contributed by atoms with E-state index < -0.39 is 23.9 Å². The summed E-state index contributed by atoms with van der Waals surface area (Å²) < 4.78 is 33.0. The molecule has 10 nitrogen and oxygen atoms in total. The first-order valence-electron chi connectivity index (χ1n) is 17.4. The largest absolute Gasteiger partial charge is 0.494 e. The van der Waals surface area contributed by atoms with Crippen LogP contribution in [0.1, 0.15) is 85.7 Å². The highest BCUT2D eigenvalue weighted by atomic mass is 16.6. The monoisotopic (exact) mass is 696 g/mol. The van der Waals surface area contributed by atoms with E-state index in [4.69, 9.17) is 28.4 Å². The summed E-state index contributed by atoms with van der Waals surface area (Å²) in [4.78, 5) is 48.5. The third-order valence-corrected chi connectivity index (χ3v) is 8.87.